The molecule has 1 aromatic heterocycles. The fourth-order valence-corrected chi connectivity index (χ4v) is 4.52. The lowest BCUT2D eigenvalue weighted by atomic mass is 10.0. The van der Waals surface area contributed by atoms with Crippen molar-refractivity contribution < 1.29 is 4.42 Å². The first-order valence-electron chi connectivity index (χ1n) is 8.39. The van der Waals surface area contributed by atoms with Gasteiger partial charge in [0.05, 0.1) is 10.7 Å². The van der Waals surface area contributed by atoms with E-state index in [0.29, 0.717) is 5.58 Å². The summed E-state index contributed by atoms with van der Waals surface area (Å²) in [6.07, 6.45) is 2.07. The first kappa shape index (κ1) is 15.3. The quantitative estimate of drug-likeness (QED) is 0.333. The van der Waals surface area contributed by atoms with Crippen LogP contribution in [0.1, 0.15) is 5.56 Å². The molecule has 0 aliphatic carbocycles. The molecule has 0 fully saturated rings. The Kier molecular flexibility index (Phi) is 3.40. The maximum atomic E-state index is 12.2. The van der Waals surface area contributed by atoms with Crippen LogP contribution in [0.25, 0.3) is 27.8 Å². The summed E-state index contributed by atoms with van der Waals surface area (Å²) in [5.41, 5.74) is 2.38. The Morgan fingerprint density at radius 1 is 0.962 bits per heavy atom. The molecule has 0 spiro atoms. The Balaban J connectivity index is 1.73. The first-order chi connectivity index (χ1) is 12.7. The highest BCUT2D eigenvalue weighted by Gasteiger charge is 2.21. The molecule has 4 heteroatoms. The van der Waals surface area contributed by atoms with Gasteiger partial charge >= 0.3 is 5.63 Å². The number of nitrogens with zero attached hydrogens (tertiary/aromatic N) is 1. The molecule has 3 nitrogen and oxygen atoms in total. The Morgan fingerprint density at radius 2 is 1.77 bits per heavy atom. The second kappa shape index (κ2) is 5.78. The van der Waals surface area contributed by atoms with E-state index in [-0.39, 0.29) is 5.63 Å². The topological polar surface area (TPSA) is 33.5 Å². The second-order valence-corrected chi connectivity index (χ2v) is 7.36. The third-order valence-electron chi connectivity index (χ3n) is 4.72. The van der Waals surface area contributed by atoms with Crippen molar-refractivity contribution in [2.75, 3.05) is 11.9 Å². The molecule has 126 valence electrons. The zero-order valence-corrected chi connectivity index (χ0v) is 14.9. The lowest BCUT2D eigenvalue weighted by molar-refractivity contribution is 0.564. The largest absolute Gasteiger partial charge is 0.422 e. The predicted octanol–water partition coefficient (Wildman–Crippen LogP) is 5.49. The van der Waals surface area contributed by atoms with Crippen molar-refractivity contribution in [3.05, 3.63) is 87.7 Å². The highest BCUT2D eigenvalue weighted by molar-refractivity contribution is 8.03. The summed E-state index contributed by atoms with van der Waals surface area (Å²) in [6, 6.07) is 21.9. The van der Waals surface area contributed by atoms with Crippen LogP contribution in [-0.4, -0.2) is 7.05 Å². The molecule has 0 atom stereocenters. The Hall–Kier alpha value is -2.98. The van der Waals surface area contributed by atoms with E-state index in [1.807, 2.05) is 49.5 Å². The van der Waals surface area contributed by atoms with Gasteiger partial charge in [-0.1, -0.05) is 54.2 Å². The standard InChI is InChI=1S/C22H15NO2S/c1-23-18-8-4-5-9-19(18)26-20(23)12-15-13-21(24)25-22-16-7-3-2-6-14(16)10-11-17(15)22/h2-13H,1H3/b20-12+. The van der Waals surface area contributed by atoms with Crippen LogP contribution < -0.4 is 10.5 Å². The molecule has 0 radical (unpaired) electrons. The van der Waals surface area contributed by atoms with Crippen LogP contribution in [0.5, 0.6) is 0 Å². The normalized spacial score (nSPS) is 15.1. The Morgan fingerprint density at radius 3 is 2.65 bits per heavy atom. The fraction of sp³-hybridized carbons (Fsp3) is 0.0455. The minimum absolute atomic E-state index is 0.330. The van der Waals surface area contributed by atoms with E-state index < -0.39 is 0 Å². The van der Waals surface area contributed by atoms with Crippen molar-refractivity contribution in [3.8, 4) is 0 Å². The van der Waals surface area contributed by atoms with Crippen molar-refractivity contribution >= 4 is 45.3 Å². The monoisotopic (exact) mass is 357 g/mol. The van der Waals surface area contributed by atoms with Crippen molar-refractivity contribution in [1.29, 1.82) is 0 Å². The molecule has 26 heavy (non-hydrogen) atoms. The van der Waals surface area contributed by atoms with Gasteiger partial charge in [0, 0.05) is 28.8 Å². The smallest absolute Gasteiger partial charge is 0.336 e. The van der Waals surface area contributed by atoms with Crippen LogP contribution in [-0.2, 0) is 0 Å². The van der Waals surface area contributed by atoms with Crippen LogP contribution in [0.3, 0.4) is 0 Å². The molecule has 0 unspecified atom stereocenters. The van der Waals surface area contributed by atoms with E-state index in [1.165, 1.54) is 10.6 Å². The molecule has 2 heterocycles. The fourth-order valence-electron chi connectivity index (χ4n) is 3.41. The lowest BCUT2D eigenvalue weighted by Gasteiger charge is -2.13. The van der Waals surface area contributed by atoms with Gasteiger partial charge < -0.3 is 9.32 Å². The second-order valence-electron chi connectivity index (χ2n) is 6.30. The van der Waals surface area contributed by atoms with Crippen LogP contribution in [0.15, 0.2) is 85.9 Å². The maximum absolute atomic E-state index is 12.2. The molecule has 1 aliphatic rings. The number of hydrogen-bond acceptors (Lipinski definition) is 4. The van der Waals surface area contributed by atoms with Crippen LogP contribution in [0.2, 0.25) is 0 Å². The summed E-state index contributed by atoms with van der Waals surface area (Å²) in [6.45, 7) is 0. The van der Waals surface area contributed by atoms with Crippen molar-refractivity contribution in [2.24, 2.45) is 0 Å². The van der Waals surface area contributed by atoms with Gasteiger partial charge in [0.1, 0.15) is 5.58 Å². The molecule has 0 saturated heterocycles. The Labute approximate surface area is 154 Å². The molecule has 3 aromatic carbocycles. The summed E-state index contributed by atoms with van der Waals surface area (Å²) < 4.78 is 5.56. The van der Waals surface area contributed by atoms with Gasteiger partial charge in [0.25, 0.3) is 0 Å². The Bertz CT molecular complexity index is 1260. The third kappa shape index (κ3) is 2.34. The van der Waals surface area contributed by atoms with Crippen LogP contribution in [0.4, 0.5) is 5.69 Å². The molecule has 4 aromatic rings. The zero-order chi connectivity index (χ0) is 17.7. The highest BCUT2D eigenvalue weighted by Crippen LogP contribution is 2.45. The summed E-state index contributed by atoms with van der Waals surface area (Å²) in [4.78, 5) is 15.6. The van der Waals surface area contributed by atoms with Crippen LogP contribution in [0, 0.1) is 0 Å². The zero-order valence-electron chi connectivity index (χ0n) is 14.1. The highest BCUT2D eigenvalue weighted by atomic mass is 32.2. The summed E-state index contributed by atoms with van der Waals surface area (Å²) in [7, 11) is 2.05. The van der Waals surface area contributed by atoms with Gasteiger partial charge in [-0.05, 0) is 35.2 Å². The molecule has 5 rings (SSSR count). The SMILES string of the molecule is CN1/C(=C\c2cc(=O)oc3c2ccc2ccccc23)Sc2ccccc21. The number of para-hydroxylation sites is 1. The van der Waals surface area contributed by atoms with E-state index in [2.05, 4.69) is 29.2 Å². The summed E-state index contributed by atoms with van der Waals surface area (Å²) in [5.74, 6) is 0. The van der Waals surface area contributed by atoms with E-state index in [1.54, 1.807) is 17.8 Å². The van der Waals surface area contributed by atoms with Gasteiger partial charge in [-0.25, -0.2) is 4.79 Å². The number of anilines is 1. The number of hydrogen-bond donors (Lipinski definition) is 0. The van der Waals surface area contributed by atoms with Gasteiger partial charge in [-0.2, -0.15) is 0 Å². The van der Waals surface area contributed by atoms with Crippen molar-refractivity contribution in [1.82, 2.24) is 0 Å². The first-order valence-corrected chi connectivity index (χ1v) is 9.20. The molecule has 0 bridgehead atoms. The number of fused-ring (bicyclic) bond motifs is 4. The molecular formula is C22H15NO2S. The van der Waals surface area contributed by atoms with Gasteiger partial charge in [-0.15, -0.1) is 0 Å². The molecule has 0 amide bonds. The van der Waals surface area contributed by atoms with E-state index in [9.17, 15) is 4.79 Å². The molecule has 1 aliphatic heterocycles. The van der Waals surface area contributed by atoms with E-state index >= 15 is 0 Å². The third-order valence-corrected chi connectivity index (χ3v) is 5.88. The van der Waals surface area contributed by atoms with Crippen molar-refractivity contribution in [3.63, 3.8) is 0 Å². The van der Waals surface area contributed by atoms with E-state index in [0.717, 1.165) is 26.8 Å². The lowest BCUT2D eigenvalue weighted by Crippen LogP contribution is -2.09. The molecule has 0 saturated carbocycles. The average Bonchev–Trinajstić information content (AvgIpc) is 2.97. The minimum atomic E-state index is -0.330. The van der Waals surface area contributed by atoms with Crippen molar-refractivity contribution in [2.45, 2.75) is 4.90 Å². The minimum Gasteiger partial charge on any atom is -0.422 e. The van der Waals surface area contributed by atoms with Gasteiger partial charge in [-0.3, -0.25) is 0 Å². The number of benzene rings is 3. The van der Waals surface area contributed by atoms with Gasteiger partial charge in [0.2, 0.25) is 0 Å². The summed E-state index contributed by atoms with van der Waals surface area (Å²) in [5, 5.41) is 4.05. The van der Waals surface area contributed by atoms with Gasteiger partial charge in [0.15, 0.2) is 0 Å². The number of rotatable bonds is 1. The predicted molar refractivity (Wildman–Crippen MR) is 109 cm³/mol. The molecular weight excluding hydrogens is 342 g/mol. The maximum Gasteiger partial charge on any atom is 0.336 e. The number of thioether (sulfide) groups is 1. The summed E-state index contributed by atoms with van der Waals surface area (Å²) >= 11 is 1.71. The van der Waals surface area contributed by atoms with Crippen LogP contribution >= 0.6 is 11.8 Å². The molecule has 0 N–H and O–H groups in total. The average molecular weight is 357 g/mol. The van der Waals surface area contributed by atoms with E-state index in [4.69, 9.17) is 4.42 Å².